The molecule has 0 unspecified atom stereocenters. The first-order valence-corrected chi connectivity index (χ1v) is 5.73. The van der Waals surface area contributed by atoms with Crippen molar-refractivity contribution in [1.29, 1.82) is 0 Å². The Hall–Kier alpha value is -1.43. The number of amides is 1. The Morgan fingerprint density at radius 1 is 1.47 bits per heavy atom. The maximum absolute atomic E-state index is 11.5. The molecular weight excluding hydrogens is 288 g/mol. The van der Waals surface area contributed by atoms with Crippen LogP contribution >= 0.6 is 15.9 Å². The summed E-state index contributed by atoms with van der Waals surface area (Å²) in [6, 6.07) is 3.17. The molecular formula is C11H13BrN2O3. The van der Waals surface area contributed by atoms with E-state index in [1.54, 1.807) is 32.9 Å². The largest absolute Gasteiger partial charge is 0.444 e. The van der Waals surface area contributed by atoms with Gasteiger partial charge in [0, 0.05) is 0 Å². The second-order valence-electron chi connectivity index (χ2n) is 4.32. The monoisotopic (exact) mass is 300 g/mol. The minimum atomic E-state index is -0.647. The van der Waals surface area contributed by atoms with Gasteiger partial charge >= 0.3 is 6.09 Å². The van der Waals surface area contributed by atoms with E-state index in [-0.39, 0.29) is 5.82 Å². The number of rotatable bonds is 2. The van der Waals surface area contributed by atoms with Crippen LogP contribution in [0.25, 0.3) is 0 Å². The summed E-state index contributed by atoms with van der Waals surface area (Å²) in [5.74, 6) is 0.170. The number of aromatic nitrogens is 1. The third-order valence-electron chi connectivity index (χ3n) is 1.64. The Kier molecular flexibility index (Phi) is 4.22. The number of nitrogens with zero attached hydrogens (tertiary/aromatic N) is 1. The molecule has 0 fully saturated rings. The van der Waals surface area contributed by atoms with Crippen molar-refractivity contribution >= 4 is 34.1 Å². The molecule has 1 amide bonds. The highest BCUT2D eigenvalue weighted by molar-refractivity contribution is 9.10. The molecule has 0 saturated carbocycles. The molecule has 1 aromatic rings. The van der Waals surface area contributed by atoms with Crippen LogP contribution in [0.2, 0.25) is 0 Å². The average molecular weight is 301 g/mol. The van der Waals surface area contributed by atoms with Crippen molar-refractivity contribution in [3.05, 3.63) is 22.3 Å². The number of pyridine rings is 1. The van der Waals surface area contributed by atoms with Crippen LogP contribution in [0.4, 0.5) is 10.6 Å². The number of hydrogen-bond donors (Lipinski definition) is 1. The normalized spacial score (nSPS) is 10.8. The van der Waals surface area contributed by atoms with Crippen molar-refractivity contribution in [2.75, 3.05) is 5.32 Å². The van der Waals surface area contributed by atoms with Crippen molar-refractivity contribution in [2.24, 2.45) is 0 Å². The van der Waals surface area contributed by atoms with Gasteiger partial charge in [-0.3, -0.25) is 10.1 Å². The lowest BCUT2D eigenvalue weighted by Gasteiger charge is -2.19. The molecule has 6 heteroatoms. The molecule has 0 aliphatic rings. The molecule has 92 valence electrons. The average Bonchev–Trinajstić information content (AvgIpc) is 2.14. The van der Waals surface area contributed by atoms with Crippen LogP contribution in [0.15, 0.2) is 16.7 Å². The summed E-state index contributed by atoms with van der Waals surface area (Å²) in [5.41, 5.74) is -0.309. The van der Waals surface area contributed by atoms with Gasteiger partial charge in [-0.25, -0.2) is 9.78 Å². The molecule has 0 saturated heterocycles. The van der Waals surface area contributed by atoms with E-state index in [1.165, 1.54) is 0 Å². The van der Waals surface area contributed by atoms with E-state index >= 15 is 0 Å². The van der Waals surface area contributed by atoms with Gasteiger partial charge < -0.3 is 4.74 Å². The van der Waals surface area contributed by atoms with Crippen molar-refractivity contribution in [1.82, 2.24) is 4.98 Å². The zero-order valence-electron chi connectivity index (χ0n) is 9.78. The van der Waals surface area contributed by atoms with Gasteiger partial charge in [0.25, 0.3) is 0 Å². The predicted octanol–water partition coefficient (Wildman–Crippen LogP) is 3.00. The van der Waals surface area contributed by atoms with Gasteiger partial charge in [-0.1, -0.05) is 0 Å². The summed E-state index contributed by atoms with van der Waals surface area (Å²) in [6.07, 6.45) is -0.0298. The molecule has 0 spiro atoms. The Bertz CT molecular complexity index is 441. The molecule has 1 rings (SSSR count). The highest BCUT2D eigenvalue weighted by Crippen LogP contribution is 2.16. The smallest absolute Gasteiger partial charge is 0.413 e. The molecule has 0 radical (unpaired) electrons. The van der Waals surface area contributed by atoms with Gasteiger partial charge in [-0.15, -0.1) is 0 Å². The number of carbonyl (C=O) groups excluding carboxylic acids is 2. The molecule has 0 atom stereocenters. The number of hydrogen-bond acceptors (Lipinski definition) is 4. The Morgan fingerprint density at radius 3 is 2.65 bits per heavy atom. The summed E-state index contributed by atoms with van der Waals surface area (Å²) in [6.45, 7) is 5.25. The molecule has 1 N–H and O–H groups in total. The standard InChI is InChI=1S/C11H13BrN2O3/c1-11(2,3)17-10(16)14-9-7(6-15)4-5-8(12)13-9/h4-6H,1-3H3,(H,13,14,16). The molecule has 1 heterocycles. The van der Waals surface area contributed by atoms with Crippen molar-refractivity contribution in [3.63, 3.8) is 0 Å². The number of aldehydes is 1. The number of anilines is 1. The van der Waals surface area contributed by atoms with Gasteiger partial charge in [0.2, 0.25) is 0 Å². The quantitative estimate of drug-likeness (QED) is 0.673. The topological polar surface area (TPSA) is 68.3 Å². The van der Waals surface area contributed by atoms with Crippen molar-refractivity contribution in [3.8, 4) is 0 Å². The minimum absolute atomic E-state index is 0.170. The lowest BCUT2D eigenvalue weighted by atomic mass is 10.2. The minimum Gasteiger partial charge on any atom is -0.444 e. The van der Waals surface area contributed by atoms with Crippen molar-refractivity contribution in [2.45, 2.75) is 26.4 Å². The van der Waals surface area contributed by atoms with E-state index in [1.807, 2.05) is 0 Å². The fourth-order valence-corrected chi connectivity index (χ4v) is 1.35. The third kappa shape index (κ3) is 4.52. The first-order valence-electron chi connectivity index (χ1n) is 4.93. The van der Waals surface area contributed by atoms with Crippen LogP contribution in [-0.2, 0) is 4.74 Å². The number of nitrogens with one attached hydrogen (secondary N) is 1. The Morgan fingerprint density at radius 2 is 2.12 bits per heavy atom. The van der Waals surface area contributed by atoms with Crippen LogP contribution in [0.5, 0.6) is 0 Å². The van der Waals surface area contributed by atoms with Crippen LogP contribution in [0, 0.1) is 0 Å². The fourth-order valence-electron chi connectivity index (χ4n) is 1.04. The first-order chi connectivity index (χ1) is 7.81. The van der Waals surface area contributed by atoms with Crippen LogP contribution in [0.3, 0.4) is 0 Å². The van der Waals surface area contributed by atoms with E-state index in [9.17, 15) is 9.59 Å². The molecule has 1 aromatic heterocycles. The zero-order valence-corrected chi connectivity index (χ0v) is 11.4. The third-order valence-corrected chi connectivity index (χ3v) is 2.08. The zero-order chi connectivity index (χ0) is 13.1. The van der Waals surface area contributed by atoms with Crippen molar-refractivity contribution < 1.29 is 14.3 Å². The molecule has 0 aliphatic heterocycles. The summed E-state index contributed by atoms with van der Waals surface area (Å²) in [4.78, 5) is 26.2. The molecule has 0 aromatic carbocycles. The van der Waals surface area contributed by atoms with Gasteiger partial charge in [-0.2, -0.15) is 0 Å². The van der Waals surface area contributed by atoms with Gasteiger partial charge in [0.15, 0.2) is 6.29 Å². The second kappa shape index (κ2) is 5.27. The van der Waals surface area contributed by atoms with E-state index in [4.69, 9.17) is 4.74 Å². The maximum atomic E-state index is 11.5. The van der Waals surface area contributed by atoms with Crippen LogP contribution in [-0.4, -0.2) is 23.0 Å². The highest BCUT2D eigenvalue weighted by Gasteiger charge is 2.17. The summed E-state index contributed by atoms with van der Waals surface area (Å²) < 4.78 is 5.58. The lowest BCUT2D eigenvalue weighted by molar-refractivity contribution is 0.0635. The number of carbonyl (C=O) groups is 2. The van der Waals surface area contributed by atoms with E-state index in [0.717, 1.165) is 0 Å². The maximum Gasteiger partial charge on any atom is 0.413 e. The molecule has 0 bridgehead atoms. The summed E-state index contributed by atoms with van der Waals surface area (Å²) in [5, 5.41) is 2.43. The predicted molar refractivity (Wildman–Crippen MR) is 67.2 cm³/mol. The van der Waals surface area contributed by atoms with Crippen LogP contribution in [0.1, 0.15) is 31.1 Å². The fraction of sp³-hybridized carbons (Fsp3) is 0.364. The SMILES string of the molecule is CC(C)(C)OC(=O)Nc1nc(Br)ccc1C=O. The van der Waals surface area contributed by atoms with Gasteiger partial charge in [0.1, 0.15) is 16.0 Å². The highest BCUT2D eigenvalue weighted by atomic mass is 79.9. The molecule has 5 nitrogen and oxygen atoms in total. The molecule has 0 aliphatic carbocycles. The summed E-state index contributed by atoms with van der Waals surface area (Å²) in [7, 11) is 0. The molecule has 17 heavy (non-hydrogen) atoms. The van der Waals surface area contributed by atoms with E-state index in [0.29, 0.717) is 16.5 Å². The van der Waals surface area contributed by atoms with E-state index < -0.39 is 11.7 Å². The Balaban J connectivity index is 2.84. The van der Waals surface area contributed by atoms with E-state index in [2.05, 4.69) is 26.2 Å². The second-order valence-corrected chi connectivity index (χ2v) is 5.13. The van der Waals surface area contributed by atoms with Gasteiger partial charge in [0.05, 0.1) is 5.56 Å². The number of halogens is 1. The van der Waals surface area contributed by atoms with Crippen LogP contribution < -0.4 is 5.32 Å². The number of ether oxygens (including phenoxy) is 1. The van der Waals surface area contributed by atoms with Gasteiger partial charge in [-0.05, 0) is 48.8 Å². The summed E-state index contributed by atoms with van der Waals surface area (Å²) >= 11 is 3.16. The Labute approximate surface area is 108 Å². The first kappa shape index (κ1) is 13.6. The lowest BCUT2D eigenvalue weighted by Crippen LogP contribution is -2.27.